The van der Waals surface area contributed by atoms with E-state index in [2.05, 4.69) is 4.74 Å². The molecule has 61 heavy (non-hydrogen) atoms. The van der Waals surface area contributed by atoms with Gasteiger partial charge in [-0.1, -0.05) is 0 Å². The van der Waals surface area contributed by atoms with E-state index in [-0.39, 0.29) is 70.6 Å². The predicted octanol–water partition coefficient (Wildman–Crippen LogP) is -2.18. The number of carbonyl (C=O) groups excluding carboxylic acids is 9. The van der Waals surface area contributed by atoms with Gasteiger partial charge in [-0.05, 0) is 32.2 Å². The van der Waals surface area contributed by atoms with E-state index in [4.69, 9.17) is 36.9 Å². The lowest BCUT2D eigenvalue weighted by Gasteiger charge is -2.39. The van der Waals surface area contributed by atoms with Crippen molar-refractivity contribution in [3.63, 3.8) is 0 Å². The van der Waals surface area contributed by atoms with Gasteiger partial charge in [0.15, 0.2) is 0 Å². The van der Waals surface area contributed by atoms with Crippen LogP contribution in [-0.4, -0.2) is 168 Å². The Kier molecular flexibility index (Phi) is 20.6. The van der Waals surface area contributed by atoms with Gasteiger partial charge in [0.05, 0.1) is 46.4 Å². The highest BCUT2D eigenvalue weighted by Crippen LogP contribution is 2.31. The zero-order valence-electron chi connectivity index (χ0n) is 33.6. The fraction of sp³-hybridized carbons (Fsp3) is 0.500. The number of carboxylic acid groups (broad SMARTS) is 2. The minimum absolute atomic E-state index is 0.00209. The van der Waals surface area contributed by atoms with Crippen LogP contribution in [0.25, 0.3) is 0 Å². The second-order valence-corrected chi connectivity index (χ2v) is 14.0. The second kappa shape index (κ2) is 24.7. The molecule has 4 heterocycles. The average Bonchev–Trinajstić information content (AvgIpc) is 3.95. The summed E-state index contributed by atoms with van der Waals surface area (Å²) < 4.78 is 15.0. The van der Waals surface area contributed by atoms with Crippen molar-refractivity contribution in [2.24, 2.45) is 28.0 Å². The third-order valence-corrected chi connectivity index (χ3v) is 9.46. The molecule has 334 valence electrons. The molecule has 4 rings (SSSR count). The number of carbonyl (C=O) groups is 11. The van der Waals surface area contributed by atoms with Crippen molar-refractivity contribution in [3.05, 3.63) is 48.6 Å². The van der Waals surface area contributed by atoms with Gasteiger partial charge in [-0.2, -0.15) is 4.90 Å². The molecule has 9 amide bonds. The highest BCUT2D eigenvalue weighted by Gasteiger charge is 2.42. The van der Waals surface area contributed by atoms with E-state index in [0.29, 0.717) is 31.1 Å². The Bertz CT molecular complexity index is 1700. The molecule has 0 saturated carbocycles. The average molecular weight is 862 g/mol. The molecule has 0 aromatic carbocycles. The first-order valence-corrected chi connectivity index (χ1v) is 18.8. The molecule has 0 aromatic rings. The smallest absolute Gasteiger partial charge is 0.423 e. The molecule has 0 bridgehead atoms. The number of ether oxygens (including phenoxy) is 3. The minimum atomic E-state index is -1.17. The lowest BCUT2D eigenvalue weighted by Crippen LogP contribution is -2.51. The van der Waals surface area contributed by atoms with Crippen LogP contribution in [0.15, 0.2) is 48.6 Å². The van der Waals surface area contributed by atoms with Gasteiger partial charge in [0.25, 0.3) is 47.3 Å². The summed E-state index contributed by atoms with van der Waals surface area (Å²) in [5, 5.41) is 17.3. The Labute approximate surface area is 349 Å². The highest BCUT2D eigenvalue weighted by molar-refractivity contribution is 6.21. The zero-order chi connectivity index (χ0) is 45.8. The standard InChI is InChI=1S/C22H23N3O9.C10H23N3O3.C6H5NO4/c26-15-2-3-16(27)23(15)10-1-9-22(14-34-11-8-21(32)33,12-24-17(28)4-5-18(24)29)13-25-19(30)6-7-20(25)31;11-4-1-3-10(6-12,7-13)8-16-5-2-9(14)15;1-11-6(10)7-4(8)2-3-5(7)9/h2-7H,1,8-14H2,(H,32,33);1-8,11-13H2,(H,14,15);2-3H,1H3. The number of carboxylic acids is 2. The number of methoxy groups -OCH3 is 1. The van der Waals surface area contributed by atoms with Gasteiger partial charge in [-0.25, -0.2) is 4.79 Å². The summed E-state index contributed by atoms with van der Waals surface area (Å²) in [5.41, 5.74) is 15.4. The van der Waals surface area contributed by atoms with Crippen molar-refractivity contribution in [3.8, 4) is 0 Å². The van der Waals surface area contributed by atoms with E-state index >= 15 is 0 Å². The minimum Gasteiger partial charge on any atom is -0.481 e. The van der Waals surface area contributed by atoms with Crippen LogP contribution in [0.3, 0.4) is 0 Å². The number of rotatable bonds is 23. The molecular weight excluding hydrogens is 810 g/mol. The number of hydrogen-bond acceptors (Lipinski definition) is 17. The maximum atomic E-state index is 12.3. The van der Waals surface area contributed by atoms with Gasteiger partial charge in [0.2, 0.25) is 0 Å². The van der Waals surface area contributed by atoms with Crippen molar-refractivity contribution in [2.75, 3.05) is 72.8 Å². The molecule has 0 unspecified atom stereocenters. The molecule has 0 fully saturated rings. The van der Waals surface area contributed by atoms with Crippen LogP contribution in [0, 0.1) is 10.8 Å². The van der Waals surface area contributed by atoms with E-state index in [9.17, 15) is 52.7 Å². The summed E-state index contributed by atoms with van der Waals surface area (Å²) in [6, 6.07) is 0. The largest absolute Gasteiger partial charge is 0.481 e. The second-order valence-electron chi connectivity index (χ2n) is 14.0. The molecule has 8 N–H and O–H groups in total. The first kappa shape index (κ1) is 50.9. The first-order valence-electron chi connectivity index (χ1n) is 18.8. The Morgan fingerprint density at radius 2 is 0.918 bits per heavy atom. The lowest BCUT2D eigenvalue weighted by atomic mass is 9.82. The van der Waals surface area contributed by atoms with Gasteiger partial charge in [-0.15, -0.1) is 0 Å². The molecule has 0 aromatic heterocycles. The number of hydrogen-bond donors (Lipinski definition) is 5. The van der Waals surface area contributed by atoms with Gasteiger partial charge >= 0.3 is 18.0 Å². The number of amides is 9. The van der Waals surface area contributed by atoms with Crippen LogP contribution >= 0.6 is 0 Å². The van der Waals surface area contributed by atoms with Crippen molar-refractivity contribution >= 4 is 65.3 Å². The molecule has 23 nitrogen and oxygen atoms in total. The van der Waals surface area contributed by atoms with Crippen molar-refractivity contribution < 1.29 is 77.2 Å². The normalized spacial score (nSPS) is 15.9. The van der Waals surface area contributed by atoms with Gasteiger partial charge in [0, 0.05) is 92.2 Å². The lowest BCUT2D eigenvalue weighted by molar-refractivity contribution is -0.144. The fourth-order valence-electron chi connectivity index (χ4n) is 6.00. The van der Waals surface area contributed by atoms with E-state index in [0.717, 1.165) is 83.3 Å². The third-order valence-electron chi connectivity index (χ3n) is 9.46. The molecule has 4 aliphatic rings. The monoisotopic (exact) mass is 861 g/mol. The number of nitrogens with two attached hydrogens (primary N) is 3. The molecule has 23 heteroatoms. The summed E-state index contributed by atoms with van der Waals surface area (Å²) in [6.07, 6.45) is 9.46. The molecule has 4 aliphatic heterocycles. The summed E-state index contributed by atoms with van der Waals surface area (Å²) in [5.74, 6) is -6.55. The van der Waals surface area contributed by atoms with E-state index in [1.165, 1.54) is 0 Å². The highest BCUT2D eigenvalue weighted by atomic mass is 16.5. The summed E-state index contributed by atoms with van der Waals surface area (Å²) in [6.45, 7) is 1.27. The zero-order valence-corrected chi connectivity index (χ0v) is 33.6. The van der Waals surface area contributed by atoms with Gasteiger partial charge < -0.3 is 41.6 Å². The van der Waals surface area contributed by atoms with Crippen LogP contribution < -0.4 is 17.2 Å². The molecule has 0 spiro atoms. The third kappa shape index (κ3) is 15.7. The SMILES string of the molecule is COC(=O)N1C(=O)C=CC1=O.NCCCC(CN)(CN)COCCC(=O)O.O=C(O)CCOCC(CCCN1C(=O)C=CC1=O)(CN1C(=O)C=CC1=O)CN1C(=O)C=CC1=O. The van der Waals surface area contributed by atoms with Crippen LogP contribution in [0.4, 0.5) is 4.79 Å². The molecule has 0 saturated heterocycles. The van der Waals surface area contributed by atoms with Crippen molar-refractivity contribution in [1.82, 2.24) is 19.6 Å². The summed E-state index contributed by atoms with van der Waals surface area (Å²) >= 11 is 0. The van der Waals surface area contributed by atoms with Crippen molar-refractivity contribution in [1.29, 1.82) is 0 Å². The molecule has 0 atom stereocenters. The van der Waals surface area contributed by atoms with E-state index in [1.807, 2.05) is 0 Å². The van der Waals surface area contributed by atoms with E-state index < -0.39 is 70.7 Å². The number of nitrogens with zero attached hydrogens (tertiary/aromatic N) is 4. The molecular formula is C38H51N7O16. The Morgan fingerprint density at radius 1 is 0.557 bits per heavy atom. The summed E-state index contributed by atoms with van der Waals surface area (Å²) in [4.78, 5) is 129. The Balaban J connectivity index is 0.000000390. The predicted molar refractivity (Wildman–Crippen MR) is 208 cm³/mol. The maximum Gasteiger partial charge on any atom is 0.423 e. The van der Waals surface area contributed by atoms with Crippen LogP contribution in [-0.2, 0) is 62.2 Å². The van der Waals surface area contributed by atoms with Gasteiger partial charge in [0.1, 0.15) is 0 Å². The number of aliphatic carboxylic acids is 2. The van der Waals surface area contributed by atoms with E-state index in [1.54, 1.807) is 0 Å². The quantitative estimate of drug-likeness (QED) is 0.0538. The Morgan fingerprint density at radius 3 is 1.28 bits per heavy atom. The molecule has 0 radical (unpaired) electrons. The fourth-order valence-corrected chi connectivity index (χ4v) is 6.00. The summed E-state index contributed by atoms with van der Waals surface area (Å²) in [7, 11) is 1.10. The Hall–Kier alpha value is -6.27. The topological polar surface area (TPSA) is 347 Å². The molecule has 0 aliphatic carbocycles. The number of imide groups is 6. The van der Waals surface area contributed by atoms with Crippen LogP contribution in [0.1, 0.15) is 38.5 Å². The maximum absolute atomic E-state index is 12.3. The first-order chi connectivity index (χ1) is 28.9. The van der Waals surface area contributed by atoms with Crippen LogP contribution in [0.2, 0.25) is 0 Å². The van der Waals surface area contributed by atoms with Gasteiger partial charge in [-0.3, -0.25) is 62.6 Å². The van der Waals surface area contributed by atoms with Crippen molar-refractivity contribution in [2.45, 2.75) is 38.5 Å². The van der Waals surface area contributed by atoms with Crippen LogP contribution in [0.5, 0.6) is 0 Å².